The van der Waals surface area contributed by atoms with Crippen molar-refractivity contribution in [3.63, 3.8) is 0 Å². The molecule has 0 saturated carbocycles. The van der Waals surface area contributed by atoms with Crippen LogP contribution in [0.4, 0.5) is 0 Å². The van der Waals surface area contributed by atoms with Gasteiger partial charge in [-0.15, -0.1) is 0 Å². The number of H-pyrrole nitrogens is 1. The third-order valence-corrected chi connectivity index (χ3v) is 6.56. The first-order valence-corrected chi connectivity index (χ1v) is 11.2. The molecule has 158 valence electrons. The molecule has 0 spiro atoms. The molecular weight excluding hydrogens is 396 g/mol. The molecule has 4 aromatic rings. The van der Waals surface area contributed by atoms with Gasteiger partial charge < -0.3 is 14.6 Å². The minimum absolute atomic E-state index is 0.0277. The van der Waals surface area contributed by atoms with Crippen molar-refractivity contribution in [3.05, 3.63) is 107 Å². The van der Waals surface area contributed by atoms with Crippen molar-refractivity contribution in [3.8, 4) is 5.75 Å². The molecule has 0 radical (unpaired) electrons. The van der Waals surface area contributed by atoms with Gasteiger partial charge >= 0.3 is 0 Å². The van der Waals surface area contributed by atoms with Gasteiger partial charge in [-0.1, -0.05) is 54.6 Å². The molecule has 1 atom stereocenters. The molecule has 1 N–H and O–H groups in total. The number of aromatic nitrogens is 1. The van der Waals surface area contributed by atoms with Gasteiger partial charge in [0.05, 0.1) is 12.6 Å². The zero-order valence-electron chi connectivity index (χ0n) is 17.8. The van der Waals surface area contributed by atoms with Crippen LogP contribution in [0.1, 0.15) is 34.0 Å². The van der Waals surface area contributed by atoms with Crippen molar-refractivity contribution in [2.75, 3.05) is 13.2 Å². The molecule has 3 aromatic carbocycles. The Morgan fingerprint density at radius 2 is 1.84 bits per heavy atom. The minimum Gasteiger partial charge on any atom is -0.493 e. The van der Waals surface area contributed by atoms with E-state index in [-0.39, 0.29) is 11.9 Å². The predicted octanol–water partition coefficient (Wildman–Crippen LogP) is 5.29. The van der Waals surface area contributed by atoms with Crippen LogP contribution in [0.25, 0.3) is 17.0 Å². The lowest BCUT2D eigenvalue weighted by Gasteiger charge is -2.36. The first kappa shape index (κ1) is 18.9. The summed E-state index contributed by atoms with van der Waals surface area (Å²) in [6.45, 7) is 1.41. The Balaban J connectivity index is 1.44. The molecule has 3 heterocycles. The number of fused-ring (bicyclic) bond motifs is 4. The number of hydrogen-bond donors (Lipinski definition) is 1. The van der Waals surface area contributed by atoms with E-state index in [1.807, 2.05) is 41.3 Å². The molecule has 6 rings (SSSR count). The van der Waals surface area contributed by atoms with Gasteiger partial charge in [0.15, 0.2) is 0 Å². The Bertz CT molecular complexity index is 1340. The maximum atomic E-state index is 13.4. The van der Waals surface area contributed by atoms with E-state index in [4.69, 9.17) is 4.74 Å². The smallest absolute Gasteiger partial charge is 0.247 e. The molecular formula is C28H24N2O2. The van der Waals surface area contributed by atoms with Crippen molar-refractivity contribution in [1.29, 1.82) is 0 Å². The third kappa shape index (κ3) is 3.19. The zero-order valence-corrected chi connectivity index (χ0v) is 17.8. The van der Waals surface area contributed by atoms with Crippen LogP contribution in [-0.4, -0.2) is 28.9 Å². The Morgan fingerprint density at radius 3 is 2.75 bits per heavy atom. The van der Waals surface area contributed by atoms with Crippen LogP contribution in [0, 0.1) is 0 Å². The van der Waals surface area contributed by atoms with E-state index in [0.29, 0.717) is 6.54 Å². The Kier molecular flexibility index (Phi) is 4.57. The van der Waals surface area contributed by atoms with Crippen molar-refractivity contribution < 1.29 is 9.53 Å². The number of carbonyl (C=O) groups excluding carboxylic acids is 1. The van der Waals surface area contributed by atoms with Crippen LogP contribution in [0.15, 0.2) is 78.9 Å². The summed E-state index contributed by atoms with van der Waals surface area (Å²) >= 11 is 0. The SMILES string of the molecule is O=C(/C=C/c1ccccc1)N1CCc2c([nH]c3ccccc23)[C@@H]1c1ccc2c(c1)CCO2. The quantitative estimate of drug-likeness (QED) is 0.458. The van der Waals surface area contributed by atoms with E-state index in [1.165, 1.54) is 16.5 Å². The number of nitrogens with zero attached hydrogens (tertiary/aromatic N) is 1. The highest BCUT2D eigenvalue weighted by Crippen LogP contribution is 2.40. The van der Waals surface area contributed by atoms with E-state index in [9.17, 15) is 4.79 Å². The number of rotatable bonds is 3. The average Bonchev–Trinajstić information content (AvgIpc) is 3.46. The molecule has 1 aromatic heterocycles. The molecule has 0 fully saturated rings. The summed E-state index contributed by atoms with van der Waals surface area (Å²) in [7, 11) is 0. The Hall–Kier alpha value is -3.79. The fourth-order valence-electron chi connectivity index (χ4n) is 5.03. The lowest BCUT2D eigenvalue weighted by molar-refractivity contribution is -0.128. The second-order valence-corrected chi connectivity index (χ2v) is 8.46. The van der Waals surface area contributed by atoms with Gasteiger partial charge in [0.1, 0.15) is 5.75 Å². The van der Waals surface area contributed by atoms with Crippen LogP contribution < -0.4 is 4.74 Å². The maximum absolute atomic E-state index is 13.4. The molecule has 0 unspecified atom stereocenters. The number of carbonyl (C=O) groups is 1. The lowest BCUT2D eigenvalue weighted by Crippen LogP contribution is -2.39. The lowest BCUT2D eigenvalue weighted by atomic mass is 9.91. The number of benzene rings is 3. The van der Waals surface area contributed by atoms with Crippen molar-refractivity contribution in [2.24, 2.45) is 0 Å². The van der Waals surface area contributed by atoms with Gasteiger partial charge in [-0.3, -0.25) is 4.79 Å². The maximum Gasteiger partial charge on any atom is 0.247 e. The molecule has 32 heavy (non-hydrogen) atoms. The van der Waals surface area contributed by atoms with E-state index >= 15 is 0 Å². The van der Waals surface area contributed by atoms with E-state index in [1.54, 1.807) is 6.08 Å². The molecule has 0 saturated heterocycles. The summed E-state index contributed by atoms with van der Waals surface area (Å²) in [6.07, 6.45) is 5.36. The number of amides is 1. The van der Waals surface area contributed by atoms with Crippen molar-refractivity contribution >= 4 is 22.9 Å². The highest BCUT2D eigenvalue weighted by Gasteiger charge is 2.34. The normalized spacial score (nSPS) is 17.4. The summed E-state index contributed by atoms with van der Waals surface area (Å²) in [5, 5.41) is 1.25. The first-order chi connectivity index (χ1) is 15.8. The summed E-state index contributed by atoms with van der Waals surface area (Å²) in [4.78, 5) is 19.1. The number of hydrogen-bond acceptors (Lipinski definition) is 2. The van der Waals surface area contributed by atoms with Crippen LogP contribution in [0.2, 0.25) is 0 Å². The summed E-state index contributed by atoms with van der Waals surface area (Å²) in [5.74, 6) is 0.989. The molecule has 0 bridgehead atoms. The average molecular weight is 421 g/mol. The number of aromatic amines is 1. The van der Waals surface area contributed by atoms with E-state index in [2.05, 4.69) is 47.4 Å². The predicted molar refractivity (Wildman–Crippen MR) is 127 cm³/mol. The van der Waals surface area contributed by atoms with Crippen LogP contribution >= 0.6 is 0 Å². The topological polar surface area (TPSA) is 45.3 Å². The van der Waals surface area contributed by atoms with Gasteiger partial charge in [-0.05, 0) is 52.9 Å². The van der Waals surface area contributed by atoms with Gasteiger partial charge in [0.25, 0.3) is 0 Å². The Morgan fingerprint density at radius 1 is 1.00 bits per heavy atom. The fourth-order valence-corrected chi connectivity index (χ4v) is 5.03. The van der Waals surface area contributed by atoms with E-state index in [0.717, 1.165) is 47.5 Å². The van der Waals surface area contributed by atoms with Crippen molar-refractivity contribution in [1.82, 2.24) is 9.88 Å². The standard InChI is InChI=1S/C28H24N2O2/c31-26(13-10-19-6-2-1-3-7-19)30-16-14-23-22-8-4-5-9-24(22)29-27(23)28(30)21-11-12-25-20(18-21)15-17-32-25/h1-13,18,28-29H,14-17H2/b13-10+/t28-/m0/s1. The number of para-hydroxylation sites is 1. The largest absolute Gasteiger partial charge is 0.493 e. The summed E-state index contributed by atoms with van der Waals surface area (Å²) in [6, 6.07) is 24.6. The van der Waals surface area contributed by atoms with Crippen LogP contribution in [-0.2, 0) is 17.6 Å². The van der Waals surface area contributed by atoms with Gasteiger partial charge in [-0.2, -0.15) is 0 Å². The van der Waals surface area contributed by atoms with E-state index < -0.39 is 0 Å². The monoisotopic (exact) mass is 420 g/mol. The highest BCUT2D eigenvalue weighted by molar-refractivity contribution is 5.93. The number of nitrogens with one attached hydrogen (secondary N) is 1. The summed E-state index contributed by atoms with van der Waals surface area (Å²) in [5.41, 5.74) is 6.94. The molecule has 4 heteroatoms. The van der Waals surface area contributed by atoms with Crippen molar-refractivity contribution in [2.45, 2.75) is 18.9 Å². The molecule has 2 aliphatic heterocycles. The second kappa shape index (κ2) is 7.72. The third-order valence-electron chi connectivity index (χ3n) is 6.56. The highest BCUT2D eigenvalue weighted by atomic mass is 16.5. The van der Waals surface area contributed by atoms with Crippen LogP contribution in [0.3, 0.4) is 0 Å². The Labute approximate surface area is 187 Å². The fraction of sp³-hybridized carbons (Fsp3) is 0.179. The molecule has 2 aliphatic rings. The van der Waals surface area contributed by atoms with Gasteiger partial charge in [-0.25, -0.2) is 0 Å². The molecule has 4 nitrogen and oxygen atoms in total. The molecule has 0 aliphatic carbocycles. The molecule has 1 amide bonds. The minimum atomic E-state index is -0.148. The summed E-state index contributed by atoms with van der Waals surface area (Å²) < 4.78 is 5.72. The first-order valence-electron chi connectivity index (χ1n) is 11.2. The van der Waals surface area contributed by atoms with Gasteiger partial charge in [0, 0.05) is 35.6 Å². The number of ether oxygens (including phenoxy) is 1. The zero-order chi connectivity index (χ0) is 21.5. The van der Waals surface area contributed by atoms with Gasteiger partial charge in [0.2, 0.25) is 5.91 Å². The second-order valence-electron chi connectivity index (χ2n) is 8.46. The van der Waals surface area contributed by atoms with Crippen LogP contribution in [0.5, 0.6) is 5.75 Å².